The quantitative estimate of drug-likeness (QED) is 0.870. The van der Waals surface area contributed by atoms with Gasteiger partial charge in [0.25, 0.3) is 0 Å². The molecule has 1 aliphatic heterocycles. The van der Waals surface area contributed by atoms with Gasteiger partial charge in [0.2, 0.25) is 0 Å². The molecule has 3 nitrogen and oxygen atoms in total. The summed E-state index contributed by atoms with van der Waals surface area (Å²) < 4.78 is 5.76. The predicted molar refractivity (Wildman–Crippen MR) is 76.4 cm³/mol. The molecule has 1 aromatic rings. The maximum Gasteiger partial charge on any atom is 0.124 e. The van der Waals surface area contributed by atoms with Crippen molar-refractivity contribution in [1.82, 2.24) is 0 Å². The molecule has 1 atom stereocenters. The van der Waals surface area contributed by atoms with Gasteiger partial charge in [-0.2, -0.15) is 0 Å². The number of hydrogen-bond acceptors (Lipinski definition) is 3. The summed E-state index contributed by atoms with van der Waals surface area (Å²) in [5, 5.41) is 0. The molecule has 0 radical (unpaired) electrons. The Hall–Kier alpha value is -1.22. The van der Waals surface area contributed by atoms with E-state index in [2.05, 4.69) is 23.1 Å². The van der Waals surface area contributed by atoms with Crippen molar-refractivity contribution in [3.63, 3.8) is 0 Å². The highest BCUT2D eigenvalue weighted by Crippen LogP contribution is 2.28. The van der Waals surface area contributed by atoms with Crippen molar-refractivity contribution < 1.29 is 4.74 Å². The van der Waals surface area contributed by atoms with Gasteiger partial charge in [-0.1, -0.05) is 6.07 Å². The number of nitrogens with zero attached hydrogens (tertiary/aromatic N) is 1. The number of hydrogen-bond donors (Lipinski definition) is 1. The van der Waals surface area contributed by atoms with Gasteiger partial charge >= 0.3 is 0 Å². The first-order valence-electron chi connectivity index (χ1n) is 6.97. The van der Waals surface area contributed by atoms with Crippen LogP contribution in [0.15, 0.2) is 18.2 Å². The lowest BCUT2D eigenvalue weighted by Crippen LogP contribution is -2.20. The second-order valence-electron chi connectivity index (χ2n) is 5.10. The Morgan fingerprint density at radius 3 is 2.67 bits per heavy atom. The molecule has 2 N–H and O–H groups in total. The summed E-state index contributed by atoms with van der Waals surface area (Å²) in [5.41, 5.74) is 8.38. The summed E-state index contributed by atoms with van der Waals surface area (Å²) in [6.45, 7) is 7.09. The molecule has 3 heteroatoms. The summed E-state index contributed by atoms with van der Waals surface area (Å²) in [7, 11) is 0. The topological polar surface area (TPSA) is 38.5 Å². The van der Waals surface area contributed by atoms with E-state index >= 15 is 0 Å². The van der Waals surface area contributed by atoms with Gasteiger partial charge in [-0.15, -0.1) is 0 Å². The molecule has 0 saturated carbocycles. The van der Waals surface area contributed by atoms with Crippen LogP contribution in [0.1, 0.15) is 32.3 Å². The third kappa shape index (κ3) is 3.16. The van der Waals surface area contributed by atoms with Crippen LogP contribution in [0.3, 0.4) is 0 Å². The first-order chi connectivity index (χ1) is 8.70. The van der Waals surface area contributed by atoms with Gasteiger partial charge in [0.05, 0.1) is 6.61 Å². The van der Waals surface area contributed by atoms with E-state index in [1.165, 1.54) is 24.1 Å². The lowest BCUT2D eigenvalue weighted by molar-refractivity contribution is 0.336. The van der Waals surface area contributed by atoms with Crippen molar-refractivity contribution in [3.05, 3.63) is 23.8 Å². The Bertz CT molecular complexity index is 384. The second-order valence-corrected chi connectivity index (χ2v) is 5.10. The number of benzene rings is 1. The summed E-state index contributed by atoms with van der Waals surface area (Å²) in [5.74, 6) is 0.999. The fourth-order valence-corrected chi connectivity index (χ4v) is 2.52. The minimum Gasteiger partial charge on any atom is -0.494 e. The van der Waals surface area contributed by atoms with Crippen LogP contribution in [0.2, 0.25) is 0 Å². The van der Waals surface area contributed by atoms with Crippen LogP contribution in [0.5, 0.6) is 5.75 Å². The van der Waals surface area contributed by atoms with Crippen molar-refractivity contribution in [2.75, 3.05) is 24.6 Å². The third-order valence-corrected chi connectivity index (χ3v) is 3.36. The molecule has 1 fully saturated rings. The van der Waals surface area contributed by atoms with Crippen LogP contribution >= 0.6 is 0 Å². The first kappa shape index (κ1) is 13.2. The van der Waals surface area contributed by atoms with E-state index in [1.807, 2.05) is 13.8 Å². The van der Waals surface area contributed by atoms with Gasteiger partial charge in [0.1, 0.15) is 5.75 Å². The molecule has 1 aromatic carbocycles. The normalized spacial score (nSPS) is 16.9. The Balaban J connectivity index is 2.21. The zero-order valence-electron chi connectivity index (χ0n) is 11.5. The molecule has 2 rings (SSSR count). The lowest BCUT2D eigenvalue weighted by Gasteiger charge is -2.20. The molecular formula is C15H24N2O. The van der Waals surface area contributed by atoms with Gasteiger partial charge in [-0.3, -0.25) is 0 Å². The van der Waals surface area contributed by atoms with Gasteiger partial charge in [-0.05, 0) is 44.7 Å². The van der Waals surface area contributed by atoms with Crippen LogP contribution in [-0.4, -0.2) is 25.7 Å². The van der Waals surface area contributed by atoms with Crippen molar-refractivity contribution >= 4 is 5.69 Å². The smallest absolute Gasteiger partial charge is 0.124 e. The molecule has 100 valence electrons. The molecule has 0 aromatic heterocycles. The average molecular weight is 248 g/mol. The number of nitrogens with two attached hydrogens (primary N) is 1. The highest BCUT2D eigenvalue weighted by atomic mass is 16.5. The van der Waals surface area contributed by atoms with Crippen LogP contribution in [0.25, 0.3) is 0 Å². The molecule has 0 amide bonds. The fraction of sp³-hybridized carbons (Fsp3) is 0.600. The largest absolute Gasteiger partial charge is 0.494 e. The SMILES string of the molecule is CCOc1cc(N2CCCC2)ccc1CC(C)N. The van der Waals surface area contributed by atoms with E-state index in [9.17, 15) is 0 Å². The lowest BCUT2D eigenvalue weighted by atomic mass is 10.1. The zero-order chi connectivity index (χ0) is 13.0. The molecule has 1 heterocycles. The zero-order valence-corrected chi connectivity index (χ0v) is 11.5. The van der Waals surface area contributed by atoms with E-state index in [4.69, 9.17) is 10.5 Å². The van der Waals surface area contributed by atoms with E-state index in [0.717, 1.165) is 25.3 Å². The number of rotatable bonds is 5. The van der Waals surface area contributed by atoms with Crippen LogP contribution in [0.4, 0.5) is 5.69 Å². The summed E-state index contributed by atoms with van der Waals surface area (Å²) in [6.07, 6.45) is 3.47. The predicted octanol–water partition coefficient (Wildman–Crippen LogP) is 2.58. The van der Waals surface area contributed by atoms with Crippen LogP contribution in [0, 0.1) is 0 Å². The Labute approximate surface area is 110 Å². The maximum absolute atomic E-state index is 5.88. The molecular weight excluding hydrogens is 224 g/mol. The molecule has 1 aliphatic rings. The number of ether oxygens (including phenoxy) is 1. The Morgan fingerprint density at radius 1 is 1.33 bits per heavy atom. The van der Waals surface area contributed by atoms with Crippen molar-refractivity contribution in [2.24, 2.45) is 5.73 Å². The average Bonchev–Trinajstić information content (AvgIpc) is 2.84. The van der Waals surface area contributed by atoms with E-state index in [1.54, 1.807) is 0 Å². The fourth-order valence-electron chi connectivity index (χ4n) is 2.52. The third-order valence-electron chi connectivity index (χ3n) is 3.36. The molecule has 0 bridgehead atoms. The van der Waals surface area contributed by atoms with Gasteiger partial charge in [0, 0.05) is 30.9 Å². The molecule has 18 heavy (non-hydrogen) atoms. The summed E-state index contributed by atoms with van der Waals surface area (Å²) in [4.78, 5) is 2.43. The van der Waals surface area contributed by atoms with Crippen molar-refractivity contribution in [2.45, 2.75) is 39.2 Å². The van der Waals surface area contributed by atoms with E-state index < -0.39 is 0 Å². The Morgan fingerprint density at radius 2 is 2.06 bits per heavy atom. The van der Waals surface area contributed by atoms with E-state index in [-0.39, 0.29) is 6.04 Å². The maximum atomic E-state index is 5.88. The minimum atomic E-state index is 0.168. The monoisotopic (exact) mass is 248 g/mol. The summed E-state index contributed by atoms with van der Waals surface area (Å²) in [6, 6.07) is 6.71. The first-order valence-corrected chi connectivity index (χ1v) is 6.97. The van der Waals surface area contributed by atoms with E-state index in [0.29, 0.717) is 6.61 Å². The molecule has 1 unspecified atom stereocenters. The molecule has 0 aliphatic carbocycles. The molecule has 1 saturated heterocycles. The van der Waals surface area contributed by atoms with Crippen molar-refractivity contribution in [3.8, 4) is 5.75 Å². The highest BCUT2D eigenvalue weighted by Gasteiger charge is 2.14. The highest BCUT2D eigenvalue weighted by molar-refractivity contribution is 5.54. The van der Waals surface area contributed by atoms with Gasteiger partial charge in [0.15, 0.2) is 0 Å². The Kier molecular flexibility index (Phi) is 4.48. The minimum absolute atomic E-state index is 0.168. The standard InChI is InChI=1S/C15H24N2O/c1-3-18-15-11-14(17-8-4-5-9-17)7-6-13(15)10-12(2)16/h6-7,11-12H,3-5,8-10,16H2,1-2H3. The van der Waals surface area contributed by atoms with Crippen LogP contribution < -0.4 is 15.4 Å². The van der Waals surface area contributed by atoms with Crippen molar-refractivity contribution in [1.29, 1.82) is 0 Å². The number of anilines is 1. The van der Waals surface area contributed by atoms with Crippen LogP contribution in [-0.2, 0) is 6.42 Å². The van der Waals surface area contributed by atoms with Gasteiger partial charge < -0.3 is 15.4 Å². The second kappa shape index (κ2) is 6.10. The summed E-state index contributed by atoms with van der Waals surface area (Å²) >= 11 is 0. The molecule has 0 spiro atoms. The van der Waals surface area contributed by atoms with Gasteiger partial charge in [-0.25, -0.2) is 0 Å².